The Bertz CT molecular complexity index is 340. The first-order chi connectivity index (χ1) is 8.70. The molecule has 0 saturated carbocycles. The Kier molecular flexibility index (Phi) is 7.11. The van der Waals surface area contributed by atoms with E-state index in [-0.39, 0.29) is 18.8 Å². The molecule has 110 valence electrons. The Morgan fingerprint density at radius 1 is 1.16 bits per heavy atom. The van der Waals surface area contributed by atoms with Crippen LogP contribution >= 0.6 is 0 Å². The Hall–Kier alpha value is -1.59. The average molecular weight is 272 g/mol. The Labute approximate surface area is 113 Å². The fourth-order valence-electron chi connectivity index (χ4n) is 2.06. The molecule has 0 fully saturated rings. The first-order valence-corrected chi connectivity index (χ1v) is 6.43. The SMILES string of the molecule is CCC(CC(CC(C(=O)[O-])C(C)C)C(N)=O)C(=O)O. The molecular formula is C13H22NO5-. The highest BCUT2D eigenvalue weighted by Crippen LogP contribution is 2.26. The van der Waals surface area contributed by atoms with Crippen molar-refractivity contribution in [2.45, 2.75) is 40.0 Å². The van der Waals surface area contributed by atoms with Gasteiger partial charge in [0, 0.05) is 17.8 Å². The summed E-state index contributed by atoms with van der Waals surface area (Å²) in [5.41, 5.74) is 5.24. The van der Waals surface area contributed by atoms with Crippen LogP contribution in [0.2, 0.25) is 0 Å². The standard InChI is InChI=1S/C13H23NO5/c1-4-8(12(16)17)5-9(11(14)15)6-10(7(2)3)13(18)19/h7-10H,4-6H2,1-3H3,(H2,14,15)(H,16,17)(H,18,19)/p-1. The fourth-order valence-corrected chi connectivity index (χ4v) is 2.06. The van der Waals surface area contributed by atoms with E-state index in [4.69, 9.17) is 10.8 Å². The number of hydrogen-bond acceptors (Lipinski definition) is 4. The lowest BCUT2D eigenvalue weighted by Crippen LogP contribution is -2.38. The van der Waals surface area contributed by atoms with Crippen molar-refractivity contribution in [3.8, 4) is 0 Å². The van der Waals surface area contributed by atoms with Gasteiger partial charge in [-0.15, -0.1) is 0 Å². The number of carboxylic acid groups (broad SMARTS) is 2. The van der Waals surface area contributed by atoms with Gasteiger partial charge < -0.3 is 20.7 Å². The molecule has 0 aliphatic rings. The zero-order valence-corrected chi connectivity index (χ0v) is 11.6. The average Bonchev–Trinajstić information content (AvgIpc) is 2.27. The molecule has 6 heteroatoms. The predicted molar refractivity (Wildman–Crippen MR) is 66.7 cm³/mol. The van der Waals surface area contributed by atoms with Crippen molar-refractivity contribution in [2.24, 2.45) is 29.4 Å². The number of carbonyl (C=O) groups is 3. The topological polar surface area (TPSA) is 121 Å². The number of carboxylic acids is 2. The Morgan fingerprint density at radius 3 is 1.95 bits per heavy atom. The number of carbonyl (C=O) groups excluding carboxylic acids is 2. The van der Waals surface area contributed by atoms with Crippen LogP contribution in [0.3, 0.4) is 0 Å². The van der Waals surface area contributed by atoms with Crippen molar-refractivity contribution in [1.82, 2.24) is 0 Å². The van der Waals surface area contributed by atoms with Gasteiger partial charge in [0.2, 0.25) is 5.91 Å². The van der Waals surface area contributed by atoms with E-state index in [0.717, 1.165) is 0 Å². The molecule has 0 spiro atoms. The van der Waals surface area contributed by atoms with Crippen LogP contribution in [0.4, 0.5) is 0 Å². The predicted octanol–water partition coefficient (Wildman–Crippen LogP) is 0.00100. The first-order valence-electron chi connectivity index (χ1n) is 6.43. The van der Waals surface area contributed by atoms with Crippen LogP contribution in [0.1, 0.15) is 40.0 Å². The van der Waals surface area contributed by atoms with Gasteiger partial charge in [-0.2, -0.15) is 0 Å². The van der Waals surface area contributed by atoms with Crippen LogP contribution in [0.15, 0.2) is 0 Å². The summed E-state index contributed by atoms with van der Waals surface area (Å²) in [6.07, 6.45) is 0.466. The van der Waals surface area contributed by atoms with E-state index in [1.807, 2.05) is 0 Å². The second-order valence-electron chi connectivity index (χ2n) is 5.18. The Morgan fingerprint density at radius 2 is 1.68 bits per heavy atom. The van der Waals surface area contributed by atoms with Gasteiger partial charge in [-0.3, -0.25) is 9.59 Å². The van der Waals surface area contributed by atoms with Crippen molar-refractivity contribution in [1.29, 1.82) is 0 Å². The highest BCUT2D eigenvalue weighted by atomic mass is 16.4. The molecule has 6 nitrogen and oxygen atoms in total. The number of hydrogen-bond donors (Lipinski definition) is 2. The zero-order valence-electron chi connectivity index (χ0n) is 11.6. The van der Waals surface area contributed by atoms with Gasteiger partial charge in [-0.05, 0) is 25.2 Å². The molecule has 0 aromatic carbocycles. The largest absolute Gasteiger partial charge is 0.550 e. The molecule has 0 aliphatic heterocycles. The molecule has 0 heterocycles. The fraction of sp³-hybridized carbons (Fsp3) is 0.769. The van der Waals surface area contributed by atoms with E-state index in [0.29, 0.717) is 6.42 Å². The number of amides is 1. The van der Waals surface area contributed by atoms with Crippen molar-refractivity contribution >= 4 is 17.8 Å². The number of aliphatic carboxylic acids is 2. The van der Waals surface area contributed by atoms with E-state index in [9.17, 15) is 19.5 Å². The summed E-state index contributed by atoms with van der Waals surface area (Å²) in [5.74, 6) is -5.33. The molecule has 0 aromatic rings. The molecule has 0 saturated heterocycles. The molecule has 3 unspecified atom stereocenters. The summed E-state index contributed by atoms with van der Waals surface area (Å²) < 4.78 is 0. The molecule has 1 amide bonds. The third-order valence-electron chi connectivity index (χ3n) is 3.46. The second-order valence-corrected chi connectivity index (χ2v) is 5.18. The summed E-state index contributed by atoms with van der Waals surface area (Å²) in [4.78, 5) is 33.3. The minimum absolute atomic E-state index is 0.0269. The molecule has 19 heavy (non-hydrogen) atoms. The van der Waals surface area contributed by atoms with Crippen LogP contribution in [0.25, 0.3) is 0 Å². The van der Waals surface area contributed by atoms with E-state index in [2.05, 4.69) is 0 Å². The van der Waals surface area contributed by atoms with Crippen LogP contribution in [-0.2, 0) is 14.4 Å². The van der Waals surface area contributed by atoms with Crippen molar-refractivity contribution in [3.05, 3.63) is 0 Å². The normalized spacial score (nSPS) is 15.8. The summed E-state index contributed by atoms with van der Waals surface area (Å²) in [7, 11) is 0. The minimum atomic E-state index is -1.23. The molecular weight excluding hydrogens is 250 g/mol. The first kappa shape index (κ1) is 17.4. The molecule has 0 radical (unpaired) electrons. The third kappa shape index (κ3) is 5.72. The molecule has 0 aliphatic carbocycles. The van der Waals surface area contributed by atoms with Crippen LogP contribution in [-0.4, -0.2) is 23.0 Å². The monoisotopic (exact) mass is 272 g/mol. The van der Waals surface area contributed by atoms with Gasteiger partial charge in [-0.1, -0.05) is 20.8 Å². The van der Waals surface area contributed by atoms with Gasteiger partial charge in [0.05, 0.1) is 5.92 Å². The van der Waals surface area contributed by atoms with Gasteiger partial charge >= 0.3 is 5.97 Å². The quantitative estimate of drug-likeness (QED) is 0.612. The van der Waals surface area contributed by atoms with Crippen molar-refractivity contribution in [3.63, 3.8) is 0 Å². The van der Waals surface area contributed by atoms with E-state index < -0.39 is 35.6 Å². The summed E-state index contributed by atoms with van der Waals surface area (Å²) in [6.45, 7) is 5.13. The Balaban J connectivity index is 4.87. The lowest BCUT2D eigenvalue weighted by Gasteiger charge is -2.26. The maximum atomic E-state index is 11.4. The van der Waals surface area contributed by atoms with Crippen LogP contribution < -0.4 is 10.8 Å². The summed E-state index contributed by atoms with van der Waals surface area (Å²) in [6, 6.07) is 0. The van der Waals surface area contributed by atoms with Gasteiger partial charge in [-0.25, -0.2) is 0 Å². The van der Waals surface area contributed by atoms with Crippen molar-refractivity contribution in [2.75, 3.05) is 0 Å². The maximum Gasteiger partial charge on any atom is 0.306 e. The lowest BCUT2D eigenvalue weighted by atomic mass is 9.81. The molecule has 0 aromatic heterocycles. The zero-order chi connectivity index (χ0) is 15.2. The second kappa shape index (κ2) is 7.76. The highest BCUT2D eigenvalue weighted by molar-refractivity contribution is 5.79. The third-order valence-corrected chi connectivity index (χ3v) is 3.46. The van der Waals surface area contributed by atoms with Crippen molar-refractivity contribution < 1.29 is 24.6 Å². The van der Waals surface area contributed by atoms with E-state index in [1.54, 1.807) is 20.8 Å². The number of rotatable bonds is 9. The molecule has 3 N–H and O–H groups in total. The van der Waals surface area contributed by atoms with E-state index >= 15 is 0 Å². The molecule has 0 rings (SSSR count). The maximum absolute atomic E-state index is 11.4. The molecule has 3 atom stereocenters. The van der Waals surface area contributed by atoms with E-state index in [1.165, 1.54) is 0 Å². The van der Waals surface area contributed by atoms with Crippen LogP contribution in [0, 0.1) is 23.7 Å². The summed E-state index contributed by atoms with van der Waals surface area (Å²) >= 11 is 0. The van der Waals surface area contributed by atoms with Crippen LogP contribution in [0.5, 0.6) is 0 Å². The number of nitrogens with two attached hydrogens (primary N) is 1. The number of primary amides is 1. The minimum Gasteiger partial charge on any atom is -0.550 e. The lowest BCUT2D eigenvalue weighted by molar-refractivity contribution is -0.313. The smallest absolute Gasteiger partial charge is 0.306 e. The van der Waals surface area contributed by atoms with Gasteiger partial charge in [0.1, 0.15) is 0 Å². The van der Waals surface area contributed by atoms with Gasteiger partial charge in [0.15, 0.2) is 0 Å². The highest BCUT2D eigenvalue weighted by Gasteiger charge is 2.28. The molecule has 0 bridgehead atoms. The van der Waals surface area contributed by atoms with Gasteiger partial charge in [0.25, 0.3) is 0 Å². The summed E-state index contributed by atoms with van der Waals surface area (Å²) in [5, 5.41) is 20.0.